The summed E-state index contributed by atoms with van der Waals surface area (Å²) in [6.07, 6.45) is 2.44. The number of nitrogens with zero attached hydrogens (tertiary/aromatic N) is 2. The molecule has 8 heteroatoms. The van der Waals surface area contributed by atoms with E-state index in [1.807, 2.05) is 0 Å². The maximum absolute atomic E-state index is 14.9. The number of halogens is 2. The molecule has 0 unspecified atom stereocenters. The van der Waals surface area contributed by atoms with Crippen LogP contribution in [-0.4, -0.2) is 21.2 Å². The van der Waals surface area contributed by atoms with E-state index in [0.29, 0.717) is 5.69 Å². The molecule has 2 aromatic heterocycles. The highest BCUT2D eigenvalue weighted by Gasteiger charge is 2.49. The van der Waals surface area contributed by atoms with Crippen LogP contribution >= 0.6 is 0 Å². The van der Waals surface area contributed by atoms with E-state index < -0.39 is 17.6 Å². The van der Waals surface area contributed by atoms with Gasteiger partial charge < -0.3 is 9.26 Å². The lowest BCUT2D eigenvalue weighted by molar-refractivity contribution is -0.0508. The van der Waals surface area contributed by atoms with Crippen LogP contribution in [0.3, 0.4) is 0 Å². The molecule has 0 bridgehead atoms. The highest BCUT2D eigenvalue weighted by atomic mass is 19.1. The van der Waals surface area contributed by atoms with E-state index in [-0.39, 0.29) is 35.6 Å². The van der Waals surface area contributed by atoms with E-state index in [9.17, 15) is 13.6 Å². The molecule has 6 nitrogen and oxygen atoms in total. The Morgan fingerprint density at radius 1 is 1.27 bits per heavy atom. The second-order valence-corrected chi connectivity index (χ2v) is 6.41. The van der Waals surface area contributed by atoms with Crippen LogP contribution in [0.25, 0.3) is 11.5 Å². The topological polar surface area (TPSA) is 81.0 Å². The van der Waals surface area contributed by atoms with Crippen molar-refractivity contribution in [2.45, 2.75) is 31.5 Å². The Morgan fingerprint density at radius 2 is 2.08 bits per heavy atom. The zero-order valence-electron chi connectivity index (χ0n) is 13.8. The van der Waals surface area contributed by atoms with Gasteiger partial charge in [-0.05, 0) is 19.1 Å². The highest BCUT2D eigenvalue weighted by molar-refractivity contribution is 5.49. The summed E-state index contributed by atoms with van der Waals surface area (Å²) in [5.41, 5.74) is -0.866. The van der Waals surface area contributed by atoms with Gasteiger partial charge in [-0.2, -0.15) is 5.16 Å². The number of rotatable bonds is 4. The van der Waals surface area contributed by atoms with E-state index in [0.717, 1.165) is 5.56 Å². The predicted octanol–water partition coefficient (Wildman–Crippen LogP) is 3.28. The van der Waals surface area contributed by atoms with Crippen molar-refractivity contribution in [2.75, 3.05) is 0 Å². The van der Waals surface area contributed by atoms with Crippen molar-refractivity contribution in [3.05, 3.63) is 64.0 Å². The van der Waals surface area contributed by atoms with Gasteiger partial charge in [-0.15, -0.1) is 0 Å². The maximum atomic E-state index is 14.9. The van der Waals surface area contributed by atoms with E-state index >= 15 is 0 Å². The number of aromatic nitrogens is 3. The van der Waals surface area contributed by atoms with Gasteiger partial charge in [0.15, 0.2) is 5.76 Å². The first kappa shape index (κ1) is 16.4. The van der Waals surface area contributed by atoms with E-state index in [1.54, 1.807) is 13.0 Å². The fourth-order valence-electron chi connectivity index (χ4n) is 3.03. The normalized spacial score (nSPS) is 22.0. The van der Waals surface area contributed by atoms with Gasteiger partial charge in [-0.1, -0.05) is 11.6 Å². The number of nitrogens with one attached hydrogen (secondary N) is 1. The summed E-state index contributed by atoms with van der Waals surface area (Å²) in [6.45, 7) is 1.79. The Bertz CT molecular complexity index is 991. The quantitative estimate of drug-likeness (QED) is 0.773. The lowest BCUT2D eigenvalue weighted by Crippen LogP contribution is -2.45. The molecule has 3 aromatic rings. The van der Waals surface area contributed by atoms with Crippen molar-refractivity contribution >= 4 is 0 Å². The summed E-state index contributed by atoms with van der Waals surface area (Å²) in [6, 6.07) is 5.68. The SMILES string of the molecule is Cc1ccc(F)c(C2(F)CC(Oc3cnc(-c4cc(=O)[nH]o4)cn3)C2)c1. The second kappa shape index (κ2) is 6.05. The number of aromatic amines is 1. The van der Waals surface area contributed by atoms with Gasteiger partial charge >= 0.3 is 0 Å². The molecular weight excluding hydrogens is 344 g/mol. The Balaban J connectivity index is 1.42. The van der Waals surface area contributed by atoms with Crippen LogP contribution in [0.2, 0.25) is 0 Å². The van der Waals surface area contributed by atoms with Crippen LogP contribution in [0.5, 0.6) is 5.88 Å². The summed E-state index contributed by atoms with van der Waals surface area (Å²) in [7, 11) is 0. The molecule has 0 atom stereocenters. The van der Waals surface area contributed by atoms with Gasteiger partial charge in [0.05, 0.1) is 18.5 Å². The molecule has 0 radical (unpaired) electrons. The molecule has 134 valence electrons. The van der Waals surface area contributed by atoms with Gasteiger partial charge in [0.2, 0.25) is 5.88 Å². The van der Waals surface area contributed by atoms with Crippen LogP contribution in [0.1, 0.15) is 24.0 Å². The third-order valence-electron chi connectivity index (χ3n) is 4.40. The zero-order chi connectivity index (χ0) is 18.3. The molecule has 0 amide bonds. The predicted molar refractivity (Wildman–Crippen MR) is 87.9 cm³/mol. The minimum absolute atomic E-state index is 0.0451. The van der Waals surface area contributed by atoms with Crippen LogP contribution in [-0.2, 0) is 5.67 Å². The second-order valence-electron chi connectivity index (χ2n) is 6.41. The monoisotopic (exact) mass is 359 g/mol. The minimum atomic E-state index is -1.73. The average Bonchev–Trinajstić information content (AvgIpc) is 3.02. The van der Waals surface area contributed by atoms with Crippen molar-refractivity contribution in [3.63, 3.8) is 0 Å². The van der Waals surface area contributed by atoms with Crippen molar-refractivity contribution in [1.82, 2.24) is 15.1 Å². The molecule has 1 aliphatic carbocycles. The highest BCUT2D eigenvalue weighted by Crippen LogP contribution is 2.47. The largest absolute Gasteiger partial charge is 0.473 e. The number of benzene rings is 1. The standard InChI is InChI=1S/C18H15F2N3O3/c1-10-2-3-13(19)12(4-10)18(20)6-11(7-18)25-17-9-21-14(8-22-17)15-5-16(24)23-26-15/h2-5,8-9,11H,6-7H2,1H3,(H,23,24). The molecule has 26 heavy (non-hydrogen) atoms. The third kappa shape index (κ3) is 2.98. The average molecular weight is 359 g/mol. The smallest absolute Gasteiger partial charge is 0.280 e. The Morgan fingerprint density at radius 3 is 2.73 bits per heavy atom. The van der Waals surface area contributed by atoms with Crippen molar-refractivity contribution in [3.8, 4) is 17.3 Å². The molecule has 0 spiro atoms. The molecule has 1 aromatic carbocycles. The molecule has 1 N–H and O–H groups in total. The third-order valence-corrected chi connectivity index (χ3v) is 4.40. The summed E-state index contributed by atoms with van der Waals surface area (Å²) in [5, 5.41) is 2.16. The maximum Gasteiger partial charge on any atom is 0.280 e. The molecular formula is C18H15F2N3O3. The molecule has 1 saturated carbocycles. The van der Waals surface area contributed by atoms with Gasteiger partial charge in [-0.25, -0.2) is 18.7 Å². The summed E-state index contributed by atoms with van der Waals surface area (Å²) < 4.78 is 39.4. The van der Waals surface area contributed by atoms with E-state index in [4.69, 9.17) is 9.26 Å². The van der Waals surface area contributed by atoms with Crippen molar-refractivity contribution < 1.29 is 18.0 Å². The van der Waals surface area contributed by atoms with Crippen LogP contribution < -0.4 is 10.3 Å². The summed E-state index contributed by atoms with van der Waals surface area (Å²) in [5.74, 6) is -0.0625. The van der Waals surface area contributed by atoms with Gasteiger partial charge in [0.1, 0.15) is 23.3 Å². The molecule has 2 heterocycles. The number of alkyl halides is 1. The van der Waals surface area contributed by atoms with Gasteiger partial charge in [0, 0.05) is 18.4 Å². The number of hydrogen-bond donors (Lipinski definition) is 1. The Hall–Kier alpha value is -3.03. The van der Waals surface area contributed by atoms with E-state index in [2.05, 4.69) is 15.1 Å². The molecule has 0 aliphatic heterocycles. The Kier molecular flexibility index (Phi) is 3.82. The fourth-order valence-corrected chi connectivity index (χ4v) is 3.03. The molecule has 1 fully saturated rings. The van der Waals surface area contributed by atoms with Crippen molar-refractivity contribution in [2.24, 2.45) is 0 Å². The number of hydrogen-bond acceptors (Lipinski definition) is 5. The van der Waals surface area contributed by atoms with Crippen LogP contribution in [0, 0.1) is 12.7 Å². The van der Waals surface area contributed by atoms with Crippen LogP contribution in [0.15, 0.2) is 46.0 Å². The minimum Gasteiger partial charge on any atom is -0.473 e. The summed E-state index contributed by atoms with van der Waals surface area (Å²) in [4.78, 5) is 19.2. The first-order valence-electron chi connectivity index (χ1n) is 8.06. The van der Waals surface area contributed by atoms with E-state index in [1.165, 1.54) is 30.6 Å². The number of H-pyrrole nitrogens is 1. The first-order valence-corrected chi connectivity index (χ1v) is 8.06. The van der Waals surface area contributed by atoms with Gasteiger partial charge in [-0.3, -0.25) is 4.79 Å². The van der Waals surface area contributed by atoms with Crippen LogP contribution in [0.4, 0.5) is 8.78 Å². The molecule has 0 saturated heterocycles. The Labute approximate surface area is 146 Å². The molecule has 1 aliphatic rings. The zero-order valence-corrected chi connectivity index (χ0v) is 13.8. The first-order chi connectivity index (χ1) is 12.4. The summed E-state index contributed by atoms with van der Waals surface area (Å²) >= 11 is 0. The van der Waals surface area contributed by atoms with Crippen molar-refractivity contribution in [1.29, 1.82) is 0 Å². The van der Waals surface area contributed by atoms with Gasteiger partial charge in [0.25, 0.3) is 5.56 Å². The molecule has 4 rings (SSSR count). The lowest BCUT2D eigenvalue weighted by Gasteiger charge is -2.41. The number of aryl methyl sites for hydroxylation is 1. The number of ether oxygens (including phenoxy) is 1. The fraction of sp³-hybridized carbons (Fsp3) is 0.278. The lowest BCUT2D eigenvalue weighted by atomic mass is 9.74.